The van der Waals surface area contributed by atoms with Crippen molar-refractivity contribution in [3.63, 3.8) is 0 Å². The zero-order valence-corrected chi connectivity index (χ0v) is 20.3. The molecule has 0 N–H and O–H groups in total. The summed E-state index contributed by atoms with van der Waals surface area (Å²) in [6, 6.07) is 0. The first-order chi connectivity index (χ1) is 9.63. The molecule has 1 saturated carbocycles. The van der Waals surface area contributed by atoms with Crippen molar-refractivity contribution in [2.45, 2.75) is 27.1 Å². The Morgan fingerprint density at radius 1 is 0.545 bits per heavy atom. The van der Waals surface area contributed by atoms with E-state index in [1.807, 2.05) is 0 Å². The zero-order valence-electron chi connectivity index (χ0n) is 9.54. The molecule has 3 aliphatic carbocycles. The van der Waals surface area contributed by atoms with Gasteiger partial charge in [-0.15, -0.1) is 58.0 Å². The Labute approximate surface area is 192 Å². The molecule has 6 atom stereocenters. The van der Waals surface area contributed by atoms with E-state index in [4.69, 9.17) is 116 Å². The summed E-state index contributed by atoms with van der Waals surface area (Å²) >= 11 is 71.9. The van der Waals surface area contributed by atoms with Crippen molar-refractivity contribution in [1.82, 2.24) is 0 Å². The Hall–Kier alpha value is 3.34. The molecule has 0 unspecified atom stereocenters. The zero-order chi connectivity index (χ0) is 17.3. The van der Waals surface area contributed by atoms with Crippen LogP contribution in [-0.4, -0.2) is 27.1 Å². The Bertz CT molecular complexity index is 685. The second-order valence-corrected chi connectivity index (χ2v) is 13.2. The maximum atomic E-state index is 6.83. The Morgan fingerprint density at radius 3 is 1.36 bits per heavy atom. The van der Waals surface area contributed by atoms with Gasteiger partial charge in [-0.05, 0) is 0 Å². The molecule has 0 radical (unpaired) electrons. The summed E-state index contributed by atoms with van der Waals surface area (Å²) in [4.78, 5) is -7.33. The summed E-state index contributed by atoms with van der Waals surface area (Å²) < 4.78 is -3.38. The molecule has 3 aliphatic rings. The third-order valence-corrected chi connectivity index (χ3v) is 14.6. The van der Waals surface area contributed by atoms with Crippen LogP contribution in [0.4, 0.5) is 0 Å². The standard InChI is InChI=1S/C10Br2Cl10/c11-8(20)4(16)3(15)5(17)6(18)1(13)2(14)7(19,9(5,8)21)10(6,12)22/t5-,6-,7-,8-,9-,10-/m0/s1. The minimum atomic E-state index is -1.85. The lowest BCUT2D eigenvalue weighted by Gasteiger charge is -2.49. The van der Waals surface area contributed by atoms with Crippen LogP contribution in [0.1, 0.15) is 0 Å². The number of hydrogen-bond donors (Lipinski definition) is 0. The molecule has 0 amide bonds. The molecule has 0 spiro atoms. The monoisotopic (exact) mass is 628 g/mol. The topological polar surface area (TPSA) is 0 Å². The Kier molecular flexibility index (Phi) is 4.59. The van der Waals surface area contributed by atoms with E-state index >= 15 is 0 Å². The van der Waals surface area contributed by atoms with Crippen LogP contribution in [-0.2, 0) is 0 Å². The lowest BCUT2D eigenvalue weighted by molar-refractivity contribution is 0.468. The lowest BCUT2D eigenvalue weighted by Crippen LogP contribution is -2.64. The molecule has 0 heterocycles. The SMILES string of the molecule is ClC1=C(Cl)[C@@]2(Cl)[C@](Cl)(Br)[C@@]1(Cl)[C@@]1(Cl)C(Cl)=C(Cl)[C@@](Cl)(Br)[C@@]21Cl. The molecule has 0 aliphatic heterocycles. The molecular formula is C10Br2Cl10. The van der Waals surface area contributed by atoms with Crippen LogP contribution < -0.4 is 0 Å². The molecule has 124 valence electrons. The van der Waals surface area contributed by atoms with Gasteiger partial charge in [0.25, 0.3) is 0 Å². The lowest BCUT2D eigenvalue weighted by atomic mass is 9.82. The van der Waals surface area contributed by atoms with Gasteiger partial charge in [-0.1, -0.05) is 89.9 Å². The van der Waals surface area contributed by atoms with Crippen molar-refractivity contribution < 1.29 is 0 Å². The van der Waals surface area contributed by atoms with Crippen molar-refractivity contribution in [3.8, 4) is 0 Å². The number of rotatable bonds is 0. The summed E-state index contributed by atoms with van der Waals surface area (Å²) in [6.07, 6.45) is 0. The van der Waals surface area contributed by atoms with Gasteiger partial charge < -0.3 is 0 Å². The van der Waals surface area contributed by atoms with Crippen LogP contribution in [0.5, 0.6) is 0 Å². The summed E-state index contributed by atoms with van der Waals surface area (Å²) in [6.45, 7) is 0. The highest BCUT2D eigenvalue weighted by Crippen LogP contribution is 2.89. The Balaban J connectivity index is 2.57. The van der Waals surface area contributed by atoms with Crippen LogP contribution in [0.2, 0.25) is 0 Å². The van der Waals surface area contributed by atoms with Gasteiger partial charge >= 0.3 is 0 Å². The molecule has 12 heteroatoms. The van der Waals surface area contributed by atoms with Crippen LogP contribution in [0, 0.1) is 0 Å². The van der Waals surface area contributed by atoms with Gasteiger partial charge in [-0.3, -0.25) is 0 Å². The van der Waals surface area contributed by atoms with Crippen LogP contribution in [0.15, 0.2) is 20.1 Å². The average Bonchev–Trinajstić information content (AvgIpc) is 2.65. The van der Waals surface area contributed by atoms with E-state index in [2.05, 4.69) is 31.9 Å². The Morgan fingerprint density at radius 2 is 0.909 bits per heavy atom. The second-order valence-electron chi connectivity index (χ2n) is 5.04. The van der Waals surface area contributed by atoms with Crippen molar-refractivity contribution in [2.75, 3.05) is 0 Å². The van der Waals surface area contributed by atoms with Crippen molar-refractivity contribution in [1.29, 1.82) is 0 Å². The van der Waals surface area contributed by atoms with E-state index in [0.717, 1.165) is 0 Å². The molecular weight excluding hydrogens is 634 g/mol. The highest BCUT2D eigenvalue weighted by atomic mass is 79.9. The third kappa shape index (κ3) is 1.46. The number of halogens is 12. The molecule has 0 nitrogen and oxygen atoms in total. The van der Waals surface area contributed by atoms with Crippen LogP contribution in [0.3, 0.4) is 0 Å². The van der Waals surface area contributed by atoms with Gasteiger partial charge in [0, 0.05) is 0 Å². The van der Waals surface area contributed by atoms with Gasteiger partial charge in [0.05, 0.1) is 20.1 Å². The highest BCUT2D eigenvalue weighted by molar-refractivity contribution is 9.11. The van der Waals surface area contributed by atoms with Gasteiger partial charge in [0.1, 0.15) is 19.5 Å². The van der Waals surface area contributed by atoms with E-state index in [0.29, 0.717) is 0 Å². The fraction of sp³-hybridized carbons (Fsp3) is 0.600. The molecule has 3 rings (SSSR count). The number of allylic oxidation sites excluding steroid dienone is 4. The normalized spacial score (nSPS) is 60.5. The molecule has 0 aromatic rings. The summed E-state index contributed by atoms with van der Waals surface area (Å²) in [5.41, 5.74) is 0. The molecule has 0 aromatic carbocycles. The highest BCUT2D eigenvalue weighted by Gasteiger charge is 2.98. The first-order valence-corrected chi connectivity index (χ1v) is 10.6. The number of hydrogen-bond acceptors (Lipinski definition) is 0. The summed E-state index contributed by atoms with van der Waals surface area (Å²) in [5.74, 6) is 0. The van der Waals surface area contributed by atoms with Gasteiger partial charge in [-0.25, -0.2) is 0 Å². The first kappa shape index (κ1) is 20.1. The fourth-order valence-corrected chi connectivity index (χ4v) is 11.2. The maximum Gasteiger partial charge on any atom is 0.159 e. The summed E-state index contributed by atoms with van der Waals surface area (Å²) in [5, 5.41) is -0.383. The fourth-order valence-electron chi connectivity index (χ4n) is 3.20. The minimum absolute atomic E-state index is 0.0774. The minimum Gasteiger partial charge on any atom is -0.111 e. The molecule has 2 bridgehead atoms. The van der Waals surface area contributed by atoms with E-state index in [1.165, 1.54) is 0 Å². The van der Waals surface area contributed by atoms with Gasteiger partial charge in [0.15, 0.2) is 7.57 Å². The largest absolute Gasteiger partial charge is 0.159 e. The predicted molar refractivity (Wildman–Crippen MR) is 107 cm³/mol. The van der Waals surface area contributed by atoms with Gasteiger partial charge in [-0.2, -0.15) is 0 Å². The summed E-state index contributed by atoms with van der Waals surface area (Å²) in [7, 11) is 0. The van der Waals surface area contributed by atoms with Crippen molar-refractivity contribution in [3.05, 3.63) is 20.1 Å². The first-order valence-electron chi connectivity index (χ1n) is 5.27. The third-order valence-electron chi connectivity index (χ3n) is 4.29. The van der Waals surface area contributed by atoms with Crippen molar-refractivity contribution >= 4 is 148 Å². The number of fused-ring (bicyclic) bond motifs is 5. The quantitative estimate of drug-likeness (QED) is 0.237. The number of alkyl halides is 8. The van der Waals surface area contributed by atoms with E-state index in [9.17, 15) is 0 Å². The predicted octanol–water partition coefficient (Wildman–Crippen LogP) is 7.98. The average molecular weight is 634 g/mol. The maximum absolute atomic E-state index is 6.83. The van der Waals surface area contributed by atoms with Crippen LogP contribution in [0.25, 0.3) is 0 Å². The van der Waals surface area contributed by atoms with Crippen LogP contribution >= 0.6 is 148 Å². The molecule has 22 heavy (non-hydrogen) atoms. The van der Waals surface area contributed by atoms with Gasteiger partial charge in [0.2, 0.25) is 0 Å². The van der Waals surface area contributed by atoms with E-state index in [1.54, 1.807) is 0 Å². The second kappa shape index (κ2) is 5.03. The molecule has 1 fully saturated rings. The molecule has 0 aromatic heterocycles. The smallest absolute Gasteiger partial charge is 0.111 e. The van der Waals surface area contributed by atoms with E-state index in [-0.39, 0.29) is 20.1 Å². The van der Waals surface area contributed by atoms with Crippen molar-refractivity contribution in [2.24, 2.45) is 0 Å². The molecule has 0 saturated heterocycles. The van der Waals surface area contributed by atoms with E-state index < -0.39 is 27.1 Å².